The summed E-state index contributed by atoms with van der Waals surface area (Å²) in [4.78, 5) is 5.10. The highest BCUT2D eigenvalue weighted by Gasteiger charge is 2.21. The fourth-order valence-electron chi connectivity index (χ4n) is 1.42. The Morgan fingerprint density at radius 2 is 2.57 bits per heavy atom. The Morgan fingerprint density at radius 3 is 3.14 bits per heavy atom. The van der Waals surface area contributed by atoms with Crippen molar-refractivity contribution in [1.82, 2.24) is 10.3 Å². The average molecular weight is 253 g/mol. The Hall–Kier alpha value is 0.0300. The Morgan fingerprint density at radius 1 is 1.71 bits per heavy atom. The predicted molar refractivity (Wildman–Crippen MR) is 62.5 cm³/mol. The summed E-state index contributed by atoms with van der Waals surface area (Å²) in [7, 11) is -0.717. The quantitative estimate of drug-likeness (QED) is 0.879. The number of hydrogen-bond acceptors (Lipinski definition) is 4. The van der Waals surface area contributed by atoms with Crippen LogP contribution < -0.4 is 5.32 Å². The summed E-state index contributed by atoms with van der Waals surface area (Å²) in [5.74, 6) is 0.678. The zero-order chi connectivity index (χ0) is 9.10. The van der Waals surface area contributed by atoms with Crippen LogP contribution in [0.3, 0.4) is 0 Å². The van der Waals surface area contributed by atoms with E-state index in [4.69, 9.17) is 0 Å². The number of rotatable bonds is 3. The van der Waals surface area contributed by atoms with E-state index in [1.807, 2.05) is 6.20 Å². The minimum Gasteiger partial charge on any atom is -0.315 e. The monoisotopic (exact) mass is 252 g/mol. The molecule has 1 aromatic rings. The van der Waals surface area contributed by atoms with Crippen molar-refractivity contribution in [3.63, 3.8) is 0 Å². The van der Waals surface area contributed by atoms with Gasteiger partial charge in [0.25, 0.3) is 0 Å². The molecule has 0 aromatic carbocycles. The molecule has 0 aliphatic carbocycles. The molecule has 2 rings (SSSR count). The minimum absolute atomic E-state index is 0. The van der Waals surface area contributed by atoms with Crippen LogP contribution in [0.25, 0.3) is 0 Å². The first kappa shape index (κ1) is 12.1. The van der Waals surface area contributed by atoms with Gasteiger partial charge in [0.15, 0.2) is 0 Å². The lowest BCUT2D eigenvalue weighted by Gasteiger charge is -2.05. The largest absolute Gasteiger partial charge is 0.315 e. The van der Waals surface area contributed by atoms with E-state index in [1.165, 1.54) is 0 Å². The maximum atomic E-state index is 11.8. The Labute approximate surface area is 96.2 Å². The molecule has 1 saturated heterocycles. The first-order valence-electron chi connectivity index (χ1n) is 4.31. The molecule has 2 heterocycles. The highest BCUT2D eigenvalue weighted by Crippen LogP contribution is 2.14. The molecule has 80 valence electrons. The second kappa shape index (κ2) is 5.80. The summed E-state index contributed by atoms with van der Waals surface area (Å²) < 4.78 is 11.8. The summed E-state index contributed by atoms with van der Waals surface area (Å²) in [6.07, 6.45) is 2.86. The molecule has 1 fully saturated rings. The smallest absolute Gasteiger partial charge is 0.0794 e. The number of aromatic nitrogens is 1. The summed E-state index contributed by atoms with van der Waals surface area (Å²) >= 11 is 1.59. The van der Waals surface area contributed by atoms with Gasteiger partial charge in [0, 0.05) is 33.7 Å². The third-order valence-corrected chi connectivity index (χ3v) is 4.86. The van der Waals surface area contributed by atoms with Crippen LogP contribution in [0.15, 0.2) is 11.7 Å². The van der Waals surface area contributed by atoms with Crippen LogP contribution in [0.4, 0.5) is 0 Å². The molecule has 0 bridgehead atoms. The van der Waals surface area contributed by atoms with Crippen molar-refractivity contribution in [2.45, 2.75) is 17.4 Å². The van der Waals surface area contributed by atoms with Crippen molar-refractivity contribution in [2.75, 3.05) is 13.1 Å². The van der Waals surface area contributed by atoms with Gasteiger partial charge in [0.05, 0.1) is 11.3 Å². The second-order valence-corrected chi connectivity index (χ2v) is 5.80. The molecule has 2 unspecified atom stereocenters. The fraction of sp³-hybridized carbons (Fsp3) is 0.625. The van der Waals surface area contributed by atoms with Crippen molar-refractivity contribution in [1.29, 1.82) is 0 Å². The van der Waals surface area contributed by atoms with Crippen LogP contribution in [0.1, 0.15) is 11.3 Å². The lowest BCUT2D eigenvalue weighted by atomic mass is 10.4. The van der Waals surface area contributed by atoms with Crippen LogP contribution in [-0.2, 0) is 16.6 Å². The summed E-state index contributed by atoms with van der Waals surface area (Å²) in [5, 5.41) is 3.58. The standard InChI is InChI=1S/C8H12N2OS2.ClH/c11-13(8-1-2-9-4-8)5-7-3-10-6-12-7;/h3,6,8-9H,1-2,4-5H2;1H. The summed E-state index contributed by atoms with van der Waals surface area (Å²) in [6.45, 7) is 1.92. The SMILES string of the molecule is Cl.O=S(Cc1cncs1)C1CCNC1. The van der Waals surface area contributed by atoms with Gasteiger partial charge in [-0.3, -0.25) is 9.19 Å². The van der Waals surface area contributed by atoms with Crippen LogP contribution in [0.5, 0.6) is 0 Å². The summed E-state index contributed by atoms with van der Waals surface area (Å²) in [5.41, 5.74) is 1.79. The molecule has 14 heavy (non-hydrogen) atoms. The van der Waals surface area contributed by atoms with Crippen LogP contribution in [0.2, 0.25) is 0 Å². The first-order valence-corrected chi connectivity index (χ1v) is 6.57. The zero-order valence-corrected chi connectivity index (χ0v) is 10.1. The van der Waals surface area contributed by atoms with Gasteiger partial charge in [-0.05, 0) is 13.0 Å². The highest BCUT2D eigenvalue weighted by molar-refractivity contribution is 7.85. The second-order valence-electron chi connectivity index (χ2n) is 3.11. The number of halogens is 1. The molecule has 6 heteroatoms. The van der Waals surface area contributed by atoms with E-state index >= 15 is 0 Å². The Bertz CT molecular complexity index is 286. The molecule has 1 N–H and O–H groups in total. The van der Waals surface area contributed by atoms with Crippen LogP contribution in [0, 0.1) is 0 Å². The minimum atomic E-state index is -0.717. The molecule has 0 saturated carbocycles. The fourth-order valence-corrected chi connectivity index (χ4v) is 3.70. The van der Waals surface area contributed by atoms with E-state index in [0.717, 1.165) is 24.4 Å². The lowest BCUT2D eigenvalue weighted by Crippen LogP contribution is -2.19. The van der Waals surface area contributed by atoms with Gasteiger partial charge in [-0.1, -0.05) is 0 Å². The van der Waals surface area contributed by atoms with Crippen LogP contribution in [-0.4, -0.2) is 27.5 Å². The van der Waals surface area contributed by atoms with Crippen molar-refractivity contribution in [3.05, 3.63) is 16.6 Å². The molecular weight excluding hydrogens is 240 g/mol. The maximum absolute atomic E-state index is 11.8. The molecular formula is C8H13ClN2OS2. The lowest BCUT2D eigenvalue weighted by molar-refractivity contribution is 0.672. The van der Waals surface area contributed by atoms with Gasteiger partial charge in [-0.2, -0.15) is 0 Å². The van der Waals surface area contributed by atoms with E-state index in [2.05, 4.69) is 10.3 Å². The molecule has 2 atom stereocenters. The Balaban J connectivity index is 0.000000980. The van der Waals surface area contributed by atoms with Gasteiger partial charge >= 0.3 is 0 Å². The molecule has 0 radical (unpaired) electrons. The van der Waals surface area contributed by atoms with E-state index in [1.54, 1.807) is 16.8 Å². The van der Waals surface area contributed by atoms with Gasteiger partial charge in [0.1, 0.15) is 0 Å². The predicted octanol–water partition coefficient (Wildman–Crippen LogP) is 1.18. The third-order valence-electron chi connectivity index (χ3n) is 2.15. The average Bonchev–Trinajstić information content (AvgIpc) is 2.74. The van der Waals surface area contributed by atoms with E-state index in [0.29, 0.717) is 11.0 Å². The van der Waals surface area contributed by atoms with Crippen molar-refractivity contribution in [3.8, 4) is 0 Å². The van der Waals surface area contributed by atoms with Crippen LogP contribution >= 0.6 is 23.7 Å². The Kier molecular flexibility index (Phi) is 5.01. The van der Waals surface area contributed by atoms with Gasteiger partial charge in [-0.15, -0.1) is 23.7 Å². The molecule has 0 spiro atoms. The first-order chi connectivity index (χ1) is 6.36. The molecule has 3 nitrogen and oxygen atoms in total. The van der Waals surface area contributed by atoms with E-state index in [9.17, 15) is 4.21 Å². The molecule has 1 aliphatic rings. The van der Waals surface area contributed by atoms with E-state index in [-0.39, 0.29) is 12.4 Å². The molecule has 1 aliphatic heterocycles. The van der Waals surface area contributed by atoms with Gasteiger partial charge in [-0.25, -0.2) is 0 Å². The maximum Gasteiger partial charge on any atom is 0.0794 e. The number of thiazole rings is 1. The topological polar surface area (TPSA) is 42.0 Å². The molecule has 0 amide bonds. The normalized spacial score (nSPS) is 23.0. The van der Waals surface area contributed by atoms with Crippen molar-refractivity contribution in [2.24, 2.45) is 0 Å². The molecule has 1 aromatic heterocycles. The van der Waals surface area contributed by atoms with Gasteiger partial charge < -0.3 is 5.32 Å². The zero-order valence-electron chi connectivity index (χ0n) is 7.64. The summed E-state index contributed by atoms with van der Waals surface area (Å²) in [6, 6.07) is 0. The number of nitrogens with zero attached hydrogens (tertiary/aromatic N) is 1. The number of hydrogen-bond donors (Lipinski definition) is 1. The van der Waals surface area contributed by atoms with Crippen molar-refractivity contribution >= 4 is 34.5 Å². The highest BCUT2D eigenvalue weighted by atomic mass is 35.5. The van der Waals surface area contributed by atoms with E-state index < -0.39 is 10.8 Å². The van der Waals surface area contributed by atoms with Crippen molar-refractivity contribution < 1.29 is 4.21 Å². The van der Waals surface area contributed by atoms with Gasteiger partial charge in [0.2, 0.25) is 0 Å². The third kappa shape index (κ3) is 3.02. The number of nitrogens with one attached hydrogen (secondary N) is 1.